The summed E-state index contributed by atoms with van der Waals surface area (Å²) >= 11 is 4.62. The van der Waals surface area contributed by atoms with Crippen LogP contribution in [0.2, 0.25) is 0 Å². The molecule has 0 radical (unpaired) electrons. The Bertz CT molecular complexity index is 356. The summed E-state index contributed by atoms with van der Waals surface area (Å²) in [5.41, 5.74) is 2.40. The Balaban J connectivity index is 2.42. The van der Waals surface area contributed by atoms with Crippen molar-refractivity contribution in [3.8, 4) is 0 Å². The van der Waals surface area contributed by atoms with E-state index in [1.54, 1.807) is 0 Å². The van der Waals surface area contributed by atoms with Crippen molar-refractivity contribution >= 4 is 17.4 Å². The number of pyridine rings is 1. The van der Waals surface area contributed by atoms with Crippen LogP contribution in [0.3, 0.4) is 0 Å². The van der Waals surface area contributed by atoms with Gasteiger partial charge in [-0.3, -0.25) is 4.98 Å². The van der Waals surface area contributed by atoms with E-state index in [4.69, 9.17) is 0 Å². The standard InChI is InChI=1S/C10H10N2S/c13-7-12-10-5-1-4-9-8(10)3-2-6-11-9/h2-3,6,10H,1,4-5H2/t10-/m0/s1. The summed E-state index contributed by atoms with van der Waals surface area (Å²) in [4.78, 5) is 8.48. The second-order valence-corrected chi connectivity index (χ2v) is 3.35. The van der Waals surface area contributed by atoms with Crippen molar-refractivity contribution in [1.29, 1.82) is 0 Å². The number of nitrogens with zero attached hydrogens (tertiary/aromatic N) is 2. The molecule has 1 aromatic heterocycles. The molecule has 1 aliphatic rings. The van der Waals surface area contributed by atoms with E-state index in [9.17, 15) is 0 Å². The minimum absolute atomic E-state index is 0.204. The molecule has 0 fully saturated rings. The summed E-state index contributed by atoms with van der Waals surface area (Å²) in [5.74, 6) is 0. The highest BCUT2D eigenvalue weighted by Crippen LogP contribution is 2.30. The van der Waals surface area contributed by atoms with Gasteiger partial charge in [0, 0.05) is 11.9 Å². The maximum atomic E-state index is 4.62. The maximum Gasteiger partial charge on any atom is 0.0869 e. The summed E-state index contributed by atoms with van der Waals surface area (Å²) < 4.78 is 0. The fourth-order valence-corrected chi connectivity index (χ4v) is 1.91. The quantitative estimate of drug-likeness (QED) is 0.502. The van der Waals surface area contributed by atoms with Crippen molar-refractivity contribution in [2.45, 2.75) is 25.3 Å². The van der Waals surface area contributed by atoms with Crippen LogP contribution >= 0.6 is 12.2 Å². The molecular formula is C10H10N2S. The fraction of sp³-hybridized carbons (Fsp3) is 0.400. The normalized spacial score (nSPS) is 20.2. The lowest BCUT2D eigenvalue weighted by atomic mass is 9.92. The van der Waals surface area contributed by atoms with Gasteiger partial charge in [0.1, 0.15) is 0 Å². The molecule has 0 spiro atoms. The average Bonchev–Trinajstić information content (AvgIpc) is 2.19. The van der Waals surface area contributed by atoms with E-state index in [0.29, 0.717) is 0 Å². The first-order valence-electron chi connectivity index (χ1n) is 4.42. The Morgan fingerprint density at radius 1 is 1.62 bits per heavy atom. The number of aryl methyl sites for hydroxylation is 1. The topological polar surface area (TPSA) is 25.2 Å². The minimum atomic E-state index is 0.204. The lowest BCUT2D eigenvalue weighted by Crippen LogP contribution is -2.09. The monoisotopic (exact) mass is 190 g/mol. The van der Waals surface area contributed by atoms with E-state index in [1.807, 2.05) is 12.3 Å². The van der Waals surface area contributed by atoms with Gasteiger partial charge in [-0.25, -0.2) is 4.99 Å². The third kappa shape index (κ3) is 1.67. The third-order valence-electron chi connectivity index (χ3n) is 2.38. The Morgan fingerprint density at radius 2 is 2.54 bits per heavy atom. The van der Waals surface area contributed by atoms with Gasteiger partial charge in [0.2, 0.25) is 0 Å². The van der Waals surface area contributed by atoms with Crippen LogP contribution in [-0.4, -0.2) is 10.1 Å². The molecule has 0 unspecified atom stereocenters. The van der Waals surface area contributed by atoms with Gasteiger partial charge in [-0.2, -0.15) is 0 Å². The number of aliphatic imine (C=N–C) groups is 1. The number of rotatable bonds is 1. The van der Waals surface area contributed by atoms with Crippen molar-refractivity contribution in [3.05, 3.63) is 29.6 Å². The van der Waals surface area contributed by atoms with Crippen molar-refractivity contribution in [3.63, 3.8) is 0 Å². The SMILES string of the molecule is S=C=N[C@H]1CCCc2ncccc21. The van der Waals surface area contributed by atoms with Crippen molar-refractivity contribution in [2.24, 2.45) is 4.99 Å². The van der Waals surface area contributed by atoms with Crippen LogP contribution in [0.4, 0.5) is 0 Å². The van der Waals surface area contributed by atoms with Crippen LogP contribution < -0.4 is 0 Å². The molecule has 0 saturated heterocycles. The molecule has 1 atom stereocenters. The number of hydrogen-bond acceptors (Lipinski definition) is 3. The molecule has 2 rings (SSSR count). The first kappa shape index (κ1) is 8.54. The highest BCUT2D eigenvalue weighted by atomic mass is 32.1. The van der Waals surface area contributed by atoms with Crippen LogP contribution in [0, 0.1) is 0 Å². The zero-order valence-corrected chi connectivity index (χ0v) is 8.05. The lowest BCUT2D eigenvalue weighted by molar-refractivity contribution is 0.564. The summed E-state index contributed by atoms with van der Waals surface area (Å²) in [5, 5.41) is 2.46. The summed E-state index contributed by atoms with van der Waals surface area (Å²) in [6, 6.07) is 4.24. The molecule has 0 aliphatic heterocycles. The molecule has 1 aliphatic carbocycles. The number of fused-ring (bicyclic) bond motifs is 1. The Morgan fingerprint density at radius 3 is 3.38 bits per heavy atom. The van der Waals surface area contributed by atoms with E-state index in [1.165, 1.54) is 11.3 Å². The van der Waals surface area contributed by atoms with Gasteiger partial charge in [0.25, 0.3) is 0 Å². The third-order valence-corrected chi connectivity index (χ3v) is 2.49. The molecule has 0 saturated carbocycles. The Labute approximate surface area is 82.7 Å². The van der Waals surface area contributed by atoms with Crippen LogP contribution in [0.1, 0.15) is 30.1 Å². The first-order chi connectivity index (χ1) is 6.42. The Hall–Kier alpha value is -1.05. The highest BCUT2D eigenvalue weighted by molar-refractivity contribution is 7.78. The minimum Gasteiger partial charge on any atom is -0.261 e. The summed E-state index contributed by atoms with van der Waals surface area (Å²) in [7, 11) is 0. The van der Waals surface area contributed by atoms with Gasteiger partial charge in [-0.05, 0) is 43.1 Å². The number of aromatic nitrogens is 1. The zero-order valence-electron chi connectivity index (χ0n) is 7.23. The molecule has 0 aromatic carbocycles. The number of thiocarbonyl (C=S) groups is 1. The van der Waals surface area contributed by atoms with E-state index >= 15 is 0 Å². The van der Waals surface area contributed by atoms with Gasteiger partial charge in [0.05, 0.1) is 11.2 Å². The van der Waals surface area contributed by atoms with Crippen LogP contribution in [0.5, 0.6) is 0 Å². The second kappa shape index (κ2) is 3.77. The molecule has 0 bridgehead atoms. The van der Waals surface area contributed by atoms with Gasteiger partial charge in [-0.15, -0.1) is 0 Å². The summed E-state index contributed by atoms with van der Waals surface area (Å²) in [6.07, 6.45) is 5.12. The molecule has 3 heteroatoms. The van der Waals surface area contributed by atoms with E-state index in [0.717, 1.165) is 19.3 Å². The molecular weight excluding hydrogens is 180 g/mol. The first-order valence-corrected chi connectivity index (χ1v) is 4.83. The number of hydrogen-bond donors (Lipinski definition) is 0. The Kier molecular flexibility index (Phi) is 2.48. The maximum absolute atomic E-state index is 4.62. The van der Waals surface area contributed by atoms with Gasteiger partial charge in [-0.1, -0.05) is 6.07 Å². The van der Waals surface area contributed by atoms with Gasteiger partial charge in [0.15, 0.2) is 0 Å². The highest BCUT2D eigenvalue weighted by Gasteiger charge is 2.19. The number of isothiocyanates is 1. The molecule has 66 valence electrons. The van der Waals surface area contributed by atoms with E-state index in [-0.39, 0.29) is 6.04 Å². The molecule has 0 amide bonds. The zero-order chi connectivity index (χ0) is 9.10. The van der Waals surface area contributed by atoms with Crippen molar-refractivity contribution in [2.75, 3.05) is 0 Å². The molecule has 1 heterocycles. The molecule has 0 N–H and O–H groups in total. The average molecular weight is 190 g/mol. The predicted molar refractivity (Wildman–Crippen MR) is 54.9 cm³/mol. The lowest BCUT2D eigenvalue weighted by Gasteiger charge is -2.19. The van der Waals surface area contributed by atoms with E-state index < -0.39 is 0 Å². The van der Waals surface area contributed by atoms with Crippen LogP contribution in [0.15, 0.2) is 23.3 Å². The van der Waals surface area contributed by atoms with Crippen LogP contribution in [0.25, 0.3) is 0 Å². The van der Waals surface area contributed by atoms with Crippen molar-refractivity contribution < 1.29 is 0 Å². The molecule has 13 heavy (non-hydrogen) atoms. The molecule has 1 aromatic rings. The second-order valence-electron chi connectivity index (χ2n) is 3.17. The molecule has 2 nitrogen and oxygen atoms in total. The smallest absolute Gasteiger partial charge is 0.0869 e. The van der Waals surface area contributed by atoms with Crippen molar-refractivity contribution in [1.82, 2.24) is 4.98 Å². The van der Waals surface area contributed by atoms with E-state index in [2.05, 4.69) is 33.4 Å². The summed E-state index contributed by atoms with van der Waals surface area (Å²) in [6.45, 7) is 0. The van der Waals surface area contributed by atoms with Gasteiger partial charge < -0.3 is 0 Å². The fourth-order valence-electron chi connectivity index (χ4n) is 1.78. The van der Waals surface area contributed by atoms with Crippen LogP contribution in [-0.2, 0) is 6.42 Å². The van der Waals surface area contributed by atoms with Gasteiger partial charge >= 0.3 is 0 Å². The largest absolute Gasteiger partial charge is 0.261 e. The predicted octanol–water partition coefficient (Wildman–Crippen LogP) is 2.56.